The highest BCUT2D eigenvalue weighted by Crippen LogP contribution is 2.25. The molecule has 0 bridgehead atoms. The van der Waals surface area contributed by atoms with Gasteiger partial charge in [-0.3, -0.25) is 0 Å². The molecular weight excluding hydrogens is 370 g/mol. The molecule has 5 heteroatoms. The van der Waals surface area contributed by atoms with Crippen molar-refractivity contribution in [1.82, 2.24) is 0 Å². The van der Waals surface area contributed by atoms with Gasteiger partial charge in [0.25, 0.3) is 0 Å². The molecule has 0 radical (unpaired) electrons. The monoisotopic (exact) mass is 399 g/mol. The van der Waals surface area contributed by atoms with E-state index in [9.17, 15) is 10.2 Å². The zero-order valence-electron chi connectivity index (χ0n) is 16.7. The minimum Gasteiger partial charge on any atom is -0.390 e. The first kappa shape index (κ1) is 20.9. The molecule has 0 amide bonds. The summed E-state index contributed by atoms with van der Waals surface area (Å²) < 4.78 is 5.78. The summed E-state index contributed by atoms with van der Waals surface area (Å²) in [6.45, 7) is 6.00. The third-order valence-electron chi connectivity index (χ3n) is 5.53. The number of thiocarbonyl (C=S) groups is 1. The third kappa shape index (κ3) is 4.78. The largest absolute Gasteiger partial charge is 0.390 e. The van der Waals surface area contributed by atoms with E-state index in [-0.39, 0.29) is 0 Å². The lowest BCUT2D eigenvalue weighted by Gasteiger charge is -2.36. The lowest BCUT2D eigenvalue weighted by molar-refractivity contribution is -0.142. The van der Waals surface area contributed by atoms with Crippen LogP contribution < -0.4 is 5.32 Å². The Morgan fingerprint density at radius 2 is 1.82 bits per heavy atom. The summed E-state index contributed by atoms with van der Waals surface area (Å²) in [7, 11) is 0. The zero-order valence-corrected chi connectivity index (χ0v) is 17.5. The molecule has 3 rings (SSSR count). The molecule has 4 nitrogen and oxygen atoms in total. The number of rotatable bonds is 5. The van der Waals surface area contributed by atoms with Crippen LogP contribution in [0.2, 0.25) is 0 Å². The molecule has 0 aromatic heterocycles. The molecule has 1 aliphatic rings. The van der Waals surface area contributed by atoms with Crippen molar-refractivity contribution >= 4 is 22.9 Å². The standard InChI is InChI=1S/C23H29NO3S/c1-4-16-8-10-17(11-9-16)12-18-6-5-7-19(14(18)2)24-23(28)21-13-20(25)22(26)15(3)27-21/h5-11,15,20-22,25-26H,4,12-13H2,1-3H3,(H,24,28)/t15?,20?,21?,22-/m1/s1. The summed E-state index contributed by atoms with van der Waals surface area (Å²) in [6, 6.07) is 14.9. The lowest BCUT2D eigenvalue weighted by atomic mass is 9.97. The molecule has 2 aromatic carbocycles. The van der Waals surface area contributed by atoms with E-state index in [1.54, 1.807) is 6.92 Å². The molecule has 3 unspecified atom stereocenters. The second-order valence-corrected chi connectivity index (χ2v) is 7.99. The van der Waals surface area contributed by atoms with Crippen LogP contribution in [0.4, 0.5) is 5.69 Å². The van der Waals surface area contributed by atoms with Gasteiger partial charge in [-0.05, 0) is 55.0 Å². The predicted molar refractivity (Wildman–Crippen MR) is 117 cm³/mol. The number of hydrogen-bond acceptors (Lipinski definition) is 4. The van der Waals surface area contributed by atoms with Crippen LogP contribution in [0.5, 0.6) is 0 Å². The molecular formula is C23H29NO3S. The number of hydrogen-bond donors (Lipinski definition) is 3. The molecule has 1 aliphatic heterocycles. The van der Waals surface area contributed by atoms with Crippen molar-refractivity contribution < 1.29 is 14.9 Å². The SMILES string of the molecule is CCc1ccc(Cc2cccc(NC(=S)C3CC(O)[C@H](O)C(C)O3)c2C)cc1. The Hall–Kier alpha value is -1.79. The summed E-state index contributed by atoms with van der Waals surface area (Å²) >= 11 is 5.53. The Balaban J connectivity index is 1.71. The van der Waals surface area contributed by atoms with E-state index in [4.69, 9.17) is 17.0 Å². The Morgan fingerprint density at radius 3 is 2.46 bits per heavy atom. The molecule has 3 N–H and O–H groups in total. The van der Waals surface area contributed by atoms with Crippen molar-refractivity contribution in [3.05, 3.63) is 64.7 Å². The van der Waals surface area contributed by atoms with E-state index in [0.29, 0.717) is 11.4 Å². The second kappa shape index (κ2) is 9.14. The lowest BCUT2D eigenvalue weighted by Crippen LogP contribution is -2.50. The smallest absolute Gasteiger partial charge is 0.111 e. The highest BCUT2D eigenvalue weighted by Gasteiger charge is 2.35. The fourth-order valence-electron chi connectivity index (χ4n) is 3.57. The molecule has 0 spiro atoms. The minimum atomic E-state index is -0.872. The predicted octanol–water partition coefficient (Wildman–Crippen LogP) is 3.79. The second-order valence-electron chi connectivity index (χ2n) is 7.55. The number of benzene rings is 2. The normalized spacial score (nSPS) is 24.8. The molecule has 0 saturated carbocycles. The Morgan fingerprint density at radius 1 is 1.14 bits per heavy atom. The fourth-order valence-corrected chi connectivity index (χ4v) is 3.83. The van der Waals surface area contributed by atoms with Crippen molar-refractivity contribution in [3.8, 4) is 0 Å². The number of aliphatic hydroxyl groups is 2. The van der Waals surface area contributed by atoms with E-state index in [1.165, 1.54) is 16.7 Å². The maximum atomic E-state index is 10.0. The van der Waals surface area contributed by atoms with Gasteiger partial charge in [-0.2, -0.15) is 0 Å². The Bertz CT molecular complexity index is 809. The van der Waals surface area contributed by atoms with E-state index >= 15 is 0 Å². The van der Waals surface area contributed by atoms with E-state index in [1.807, 2.05) is 12.1 Å². The van der Waals surface area contributed by atoms with Crippen LogP contribution in [0.1, 0.15) is 42.5 Å². The van der Waals surface area contributed by atoms with Crippen molar-refractivity contribution in [2.24, 2.45) is 0 Å². The van der Waals surface area contributed by atoms with Gasteiger partial charge >= 0.3 is 0 Å². The maximum absolute atomic E-state index is 10.0. The van der Waals surface area contributed by atoms with Gasteiger partial charge in [-0.25, -0.2) is 0 Å². The van der Waals surface area contributed by atoms with Gasteiger partial charge in [0.05, 0.1) is 12.2 Å². The van der Waals surface area contributed by atoms with Crippen LogP contribution in [-0.4, -0.2) is 39.6 Å². The van der Waals surface area contributed by atoms with Gasteiger partial charge in [0.15, 0.2) is 0 Å². The van der Waals surface area contributed by atoms with Gasteiger partial charge in [-0.1, -0.05) is 55.5 Å². The first-order valence-electron chi connectivity index (χ1n) is 9.87. The first-order chi connectivity index (χ1) is 13.4. The molecule has 2 aromatic rings. The van der Waals surface area contributed by atoms with Gasteiger partial charge in [-0.15, -0.1) is 0 Å². The van der Waals surface area contributed by atoms with Crippen molar-refractivity contribution in [2.45, 2.75) is 64.4 Å². The number of ether oxygens (including phenoxy) is 1. The van der Waals surface area contributed by atoms with Crippen LogP contribution >= 0.6 is 12.2 Å². The number of aryl methyl sites for hydroxylation is 1. The molecule has 28 heavy (non-hydrogen) atoms. The van der Waals surface area contributed by atoms with Gasteiger partial charge < -0.3 is 20.3 Å². The van der Waals surface area contributed by atoms with E-state index in [2.05, 4.69) is 49.5 Å². The summed E-state index contributed by atoms with van der Waals surface area (Å²) in [5, 5.41) is 23.2. The van der Waals surface area contributed by atoms with Gasteiger partial charge in [0.2, 0.25) is 0 Å². The molecule has 150 valence electrons. The molecule has 0 aliphatic carbocycles. The Kier molecular flexibility index (Phi) is 6.83. The van der Waals surface area contributed by atoms with Gasteiger partial charge in [0, 0.05) is 12.1 Å². The maximum Gasteiger partial charge on any atom is 0.111 e. The zero-order chi connectivity index (χ0) is 20.3. The van der Waals surface area contributed by atoms with Crippen LogP contribution in [0, 0.1) is 6.92 Å². The van der Waals surface area contributed by atoms with Crippen LogP contribution in [0.15, 0.2) is 42.5 Å². The summed E-state index contributed by atoms with van der Waals surface area (Å²) in [5.74, 6) is 0. The fraction of sp³-hybridized carbons (Fsp3) is 0.435. The summed E-state index contributed by atoms with van der Waals surface area (Å²) in [4.78, 5) is 0.533. The molecule has 4 atom stereocenters. The van der Waals surface area contributed by atoms with Crippen LogP contribution in [0.25, 0.3) is 0 Å². The highest BCUT2D eigenvalue weighted by molar-refractivity contribution is 7.80. The molecule has 1 saturated heterocycles. The van der Waals surface area contributed by atoms with Crippen LogP contribution in [0.3, 0.4) is 0 Å². The average molecular weight is 400 g/mol. The average Bonchev–Trinajstić information content (AvgIpc) is 2.69. The highest BCUT2D eigenvalue weighted by atomic mass is 32.1. The topological polar surface area (TPSA) is 61.7 Å². The summed E-state index contributed by atoms with van der Waals surface area (Å²) in [6.07, 6.45) is -0.362. The first-order valence-corrected chi connectivity index (χ1v) is 10.3. The van der Waals surface area contributed by atoms with Crippen molar-refractivity contribution in [3.63, 3.8) is 0 Å². The molecule has 1 fully saturated rings. The van der Waals surface area contributed by atoms with Crippen LogP contribution in [-0.2, 0) is 17.6 Å². The minimum absolute atomic E-state index is 0.292. The Labute approximate surface area is 172 Å². The number of aliphatic hydroxyl groups excluding tert-OH is 2. The van der Waals surface area contributed by atoms with Crippen molar-refractivity contribution in [1.29, 1.82) is 0 Å². The van der Waals surface area contributed by atoms with E-state index < -0.39 is 24.4 Å². The third-order valence-corrected chi connectivity index (χ3v) is 5.90. The van der Waals surface area contributed by atoms with Gasteiger partial charge in [0.1, 0.15) is 17.2 Å². The number of anilines is 1. The van der Waals surface area contributed by atoms with E-state index in [0.717, 1.165) is 24.1 Å². The number of nitrogens with one attached hydrogen (secondary N) is 1. The van der Waals surface area contributed by atoms with Crippen molar-refractivity contribution in [2.75, 3.05) is 5.32 Å². The molecule has 1 heterocycles. The quantitative estimate of drug-likeness (QED) is 0.668. The summed E-state index contributed by atoms with van der Waals surface area (Å²) in [5.41, 5.74) is 5.96.